The molecule has 2 N–H and O–H groups in total. The van der Waals surface area contributed by atoms with E-state index in [4.69, 9.17) is 4.74 Å². The van der Waals surface area contributed by atoms with Gasteiger partial charge in [0, 0.05) is 18.8 Å². The summed E-state index contributed by atoms with van der Waals surface area (Å²) in [7, 11) is 0. The zero-order valence-corrected chi connectivity index (χ0v) is 13.8. The van der Waals surface area contributed by atoms with Crippen molar-refractivity contribution in [2.45, 2.75) is 33.4 Å². The van der Waals surface area contributed by atoms with E-state index in [1.54, 1.807) is 20.8 Å². The molecule has 0 aliphatic heterocycles. The minimum atomic E-state index is -4.36. The van der Waals surface area contributed by atoms with Gasteiger partial charge in [-0.1, -0.05) is 0 Å². The van der Waals surface area contributed by atoms with Crippen molar-refractivity contribution >= 4 is 11.9 Å². The molecule has 0 saturated carbocycles. The summed E-state index contributed by atoms with van der Waals surface area (Å²) in [4.78, 5) is 26.8. The predicted molar refractivity (Wildman–Crippen MR) is 80.0 cm³/mol. The van der Waals surface area contributed by atoms with Crippen LogP contribution in [0, 0.1) is 13.8 Å². The highest BCUT2D eigenvalue weighted by atomic mass is 19.4. The van der Waals surface area contributed by atoms with Gasteiger partial charge in [0.15, 0.2) is 0 Å². The number of hydrogen-bond donors (Lipinski definition) is 2. The number of aryl methyl sites for hydroxylation is 1. The molecule has 6 nitrogen and oxygen atoms in total. The molecule has 9 heteroatoms. The minimum absolute atomic E-state index is 0.114. The van der Waals surface area contributed by atoms with E-state index in [0.717, 1.165) is 0 Å². The fourth-order valence-corrected chi connectivity index (χ4v) is 2.14. The van der Waals surface area contributed by atoms with E-state index in [-0.39, 0.29) is 31.9 Å². The number of esters is 1. The third kappa shape index (κ3) is 5.88. The Morgan fingerprint density at radius 3 is 2.50 bits per heavy atom. The van der Waals surface area contributed by atoms with Gasteiger partial charge in [0.05, 0.1) is 12.2 Å². The van der Waals surface area contributed by atoms with E-state index in [9.17, 15) is 22.8 Å². The molecule has 136 valence electrons. The number of aromatic nitrogens is 1. The second-order valence-electron chi connectivity index (χ2n) is 5.12. The van der Waals surface area contributed by atoms with Crippen molar-refractivity contribution in [2.24, 2.45) is 0 Å². The van der Waals surface area contributed by atoms with Crippen molar-refractivity contribution in [3.8, 4) is 0 Å². The van der Waals surface area contributed by atoms with Crippen molar-refractivity contribution in [1.29, 1.82) is 0 Å². The number of amides is 1. The van der Waals surface area contributed by atoms with Crippen molar-refractivity contribution in [3.05, 3.63) is 22.5 Å². The SMILES string of the molecule is CCOC(=O)c1c(C)[nH]c(C(=O)NCCCOCC(F)(F)F)c1C. The van der Waals surface area contributed by atoms with Gasteiger partial charge in [-0.15, -0.1) is 0 Å². The maximum atomic E-state index is 12.1. The summed E-state index contributed by atoms with van der Waals surface area (Å²) in [5.74, 6) is -0.953. The Bertz CT molecular complexity index is 582. The number of aromatic amines is 1. The lowest BCUT2D eigenvalue weighted by Crippen LogP contribution is -2.27. The quantitative estimate of drug-likeness (QED) is 0.558. The molecule has 0 aliphatic carbocycles. The largest absolute Gasteiger partial charge is 0.462 e. The summed E-state index contributed by atoms with van der Waals surface area (Å²) >= 11 is 0. The number of H-pyrrole nitrogens is 1. The van der Waals surface area contributed by atoms with Gasteiger partial charge < -0.3 is 19.8 Å². The maximum Gasteiger partial charge on any atom is 0.411 e. The number of hydrogen-bond acceptors (Lipinski definition) is 4. The van der Waals surface area contributed by atoms with Crippen LogP contribution in [-0.4, -0.2) is 49.4 Å². The number of carbonyl (C=O) groups is 2. The Kier molecular flexibility index (Phi) is 7.27. The van der Waals surface area contributed by atoms with Crippen LogP contribution in [0.25, 0.3) is 0 Å². The second-order valence-corrected chi connectivity index (χ2v) is 5.12. The summed E-state index contributed by atoms with van der Waals surface area (Å²) in [5.41, 5.74) is 1.53. The monoisotopic (exact) mass is 350 g/mol. The summed E-state index contributed by atoms with van der Waals surface area (Å²) < 4.78 is 45.0. The van der Waals surface area contributed by atoms with Crippen LogP contribution in [-0.2, 0) is 9.47 Å². The van der Waals surface area contributed by atoms with Crippen LogP contribution in [0.2, 0.25) is 0 Å². The van der Waals surface area contributed by atoms with E-state index in [0.29, 0.717) is 16.8 Å². The molecule has 0 fully saturated rings. The van der Waals surface area contributed by atoms with Crippen LogP contribution < -0.4 is 5.32 Å². The average molecular weight is 350 g/mol. The molecule has 1 rings (SSSR count). The standard InChI is InChI=1S/C15H21F3N2O4/c1-4-24-14(22)11-9(2)12(20-10(11)3)13(21)19-6-5-7-23-8-15(16,17)18/h20H,4-8H2,1-3H3,(H,19,21). The molecule has 0 saturated heterocycles. The lowest BCUT2D eigenvalue weighted by Gasteiger charge is -2.08. The maximum absolute atomic E-state index is 12.1. The van der Waals surface area contributed by atoms with Crippen LogP contribution in [0.3, 0.4) is 0 Å². The van der Waals surface area contributed by atoms with E-state index in [1.165, 1.54) is 0 Å². The molecular weight excluding hydrogens is 329 g/mol. The summed E-state index contributed by atoms with van der Waals surface area (Å²) in [5, 5.41) is 2.57. The van der Waals surface area contributed by atoms with Gasteiger partial charge >= 0.3 is 12.1 Å². The third-order valence-electron chi connectivity index (χ3n) is 3.16. The summed E-state index contributed by atoms with van der Waals surface area (Å²) in [6, 6.07) is 0. The third-order valence-corrected chi connectivity index (χ3v) is 3.16. The highest BCUT2D eigenvalue weighted by molar-refractivity contribution is 6.00. The highest BCUT2D eigenvalue weighted by Crippen LogP contribution is 2.19. The minimum Gasteiger partial charge on any atom is -0.462 e. The van der Waals surface area contributed by atoms with Crippen LogP contribution in [0.5, 0.6) is 0 Å². The lowest BCUT2D eigenvalue weighted by atomic mass is 10.1. The van der Waals surface area contributed by atoms with Crippen molar-refractivity contribution in [1.82, 2.24) is 10.3 Å². The molecule has 1 amide bonds. The first-order valence-corrected chi connectivity index (χ1v) is 7.46. The molecule has 1 aromatic heterocycles. The van der Waals surface area contributed by atoms with Crippen molar-refractivity contribution in [2.75, 3.05) is 26.4 Å². The van der Waals surface area contributed by atoms with E-state index < -0.39 is 24.7 Å². The fourth-order valence-electron chi connectivity index (χ4n) is 2.14. The molecule has 0 atom stereocenters. The Hall–Kier alpha value is -2.03. The Balaban J connectivity index is 2.51. The van der Waals surface area contributed by atoms with Crippen LogP contribution in [0.4, 0.5) is 13.2 Å². The number of carbonyl (C=O) groups excluding carboxylic acids is 2. The fraction of sp³-hybridized carbons (Fsp3) is 0.600. The molecule has 0 aliphatic rings. The number of nitrogens with one attached hydrogen (secondary N) is 2. The van der Waals surface area contributed by atoms with Crippen LogP contribution >= 0.6 is 0 Å². The molecule has 0 bridgehead atoms. The van der Waals surface area contributed by atoms with Gasteiger partial charge in [-0.25, -0.2) is 4.79 Å². The molecule has 0 radical (unpaired) electrons. The number of halogens is 3. The first kappa shape index (κ1) is 20.0. The molecule has 0 unspecified atom stereocenters. The molecule has 0 aromatic carbocycles. The van der Waals surface area contributed by atoms with Gasteiger partial charge in [-0.2, -0.15) is 13.2 Å². The van der Waals surface area contributed by atoms with Gasteiger partial charge in [-0.3, -0.25) is 4.79 Å². The topological polar surface area (TPSA) is 80.4 Å². The van der Waals surface area contributed by atoms with E-state index in [1.807, 2.05) is 0 Å². The van der Waals surface area contributed by atoms with Crippen LogP contribution in [0.1, 0.15) is 45.4 Å². The second kappa shape index (κ2) is 8.72. The lowest BCUT2D eigenvalue weighted by molar-refractivity contribution is -0.173. The average Bonchev–Trinajstić information content (AvgIpc) is 2.76. The smallest absolute Gasteiger partial charge is 0.411 e. The first-order chi connectivity index (χ1) is 11.2. The normalized spacial score (nSPS) is 11.4. The van der Waals surface area contributed by atoms with Gasteiger partial charge in [0.2, 0.25) is 0 Å². The Morgan fingerprint density at radius 2 is 1.92 bits per heavy atom. The zero-order valence-electron chi connectivity index (χ0n) is 13.8. The van der Waals surface area contributed by atoms with Crippen molar-refractivity contribution in [3.63, 3.8) is 0 Å². The number of rotatable bonds is 8. The van der Waals surface area contributed by atoms with Crippen molar-refractivity contribution < 1.29 is 32.2 Å². The molecule has 24 heavy (non-hydrogen) atoms. The number of ether oxygens (including phenoxy) is 2. The predicted octanol–water partition coefficient (Wildman–Crippen LogP) is 2.51. The molecule has 1 aromatic rings. The Labute approximate surface area is 137 Å². The van der Waals surface area contributed by atoms with E-state index >= 15 is 0 Å². The zero-order chi connectivity index (χ0) is 18.3. The Morgan fingerprint density at radius 1 is 1.25 bits per heavy atom. The van der Waals surface area contributed by atoms with E-state index in [2.05, 4.69) is 15.0 Å². The van der Waals surface area contributed by atoms with Gasteiger partial charge in [0.25, 0.3) is 5.91 Å². The van der Waals surface area contributed by atoms with Gasteiger partial charge in [-0.05, 0) is 32.8 Å². The summed E-state index contributed by atoms with van der Waals surface area (Å²) in [6.07, 6.45) is -4.11. The van der Waals surface area contributed by atoms with Crippen LogP contribution in [0.15, 0.2) is 0 Å². The first-order valence-electron chi connectivity index (χ1n) is 7.46. The molecular formula is C15H21F3N2O4. The number of alkyl halides is 3. The molecule has 0 spiro atoms. The highest BCUT2D eigenvalue weighted by Gasteiger charge is 2.27. The summed E-state index contributed by atoms with van der Waals surface area (Å²) in [6.45, 7) is 3.92. The van der Waals surface area contributed by atoms with Gasteiger partial charge in [0.1, 0.15) is 12.3 Å². The molecule has 1 heterocycles.